The van der Waals surface area contributed by atoms with Gasteiger partial charge in [0.1, 0.15) is 11.5 Å². The molecule has 0 aliphatic rings. The molecule has 4 aromatic rings. The molecule has 0 fully saturated rings. The van der Waals surface area contributed by atoms with Crippen molar-refractivity contribution >= 4 is 22.4 Å². The van der Waals surface area contributed by atoms with Gasteiger partial charge in [-0.15, -0.1) is 0 Å². The van der Waals surface area contributed by atoms with Crippen molar-refractivity contribution < 1.29 is 14.6 Å². The molecule has 6 heteroatoms. The first kappa shape index (κ1) is 21.6. The number of hydrogen-bond donors (Lipinski definition) is 2. The highest BCUT2D eigenvalue weighted by Crippen LogP contribution is 2.40. The molecule has 0 bridgehead atoms. The van der Waals surface area contributed by atoms with E-state index in [1.807, 2.05) is 72.8 Å². The van der Waals surface area contributed by atoms with Crippen LogP contribution in [0.1, 0.15) is 13.8 Å². The van der Waals surface area contributed by atoms with Crippen molar-refractivity contribution in [1.29, 1.82) is 0 Å². The van der Waals surface area contributed by atoms with Crippen molar-refractivity contribution in [3.8, 4) is 33.2 Å². The number of carboxylic acid groups (broad SMARTS) is 1. The van der Waals surface area contributed by atoms with Crippen LogP contribution in [-0.4, -0.2) is 22.6 Å². The molecule has 0 amide bonds. The highest BCUT2D eigenvalue weighted by molar-refractivity contribution is 7.19. The highest BCUT2D eigenvalue weighted by atomic mass is 32.1. The van der Waals surface area contributed by atoms with E-state index in [2.05, 4.69) is 17.4 Å². The van der Waals surface area contributed by atoms with Crippen LogP contribution >= 0.6 is 11.3 Å². The number of rotatable bonds is 8. The van der Waals surface area contributed by atoms with E-state index in [0.29, 0.717) is 5.13 Å². The maximum Gasteiger partial charge on any atom is 0.310 e. The van der Waals surface area contributed by atoms with Crippen molar-refractivity contribution in [1.82, 2.24) is 4.98 Å². The number of aromatic nitrogens is 1. The van der Waals surface area contributed by atoms with Gasteiger partial charge in [-0.3, -0.25) is 4.79 Å². The van der Waals surface area contributed by atoms with Gasteiger partial charge in [-0.05, 0) is 55.8 Å². The van der Waals surface area contributed by atoms with Crippen molar-refractivity contribution in [3.05, 3.63) is 84.9 Å². The topological polar surface area (TPSA) is 71.5 Å². The van der Waals surface area contributed by atoms with Crippen LogP contribution in [0.25, 0.3) is 21.7 Å². The second-order valence-corrected chi connectivity index (χ2v) is 9.04. The molecule has 0 radical (unpaired) electrons. The minimum atomic E-state index is -0.894. The van der Waals surface area contributed by atoms with Crippen molar-refractivity contribution in [2.75, 3.05) is 11.9 Å². The Morgan fingerprint density at radius 2 is 1.50 bits per heavy atom. The van der Waals surface area contributed by atoms with E-state index in [4.69, 9.17) is 9.72 Å². The van der Waals surface area contributed by atoms with Gasteiger partial charge in [0.25, 0.3) is 0 Å². The molecule has 1 heterocycles. The second-order valence-electron chi connectivity index (χ2n) is 8.04. The fourth-order valence-electron chi connectivity index (χ4n) is 3.05. The number of hydrogen-bond acceptors (Lipinski definition) is 5. The van der Waals surface area contributed by atoms with Crippen LogP contribution in [0.2, 0.25) is 0 Å². The smallest absolute Gasteiger partial charge is 0.310 e. The van der Waals surface area contributed by atoms with Crippen molar-refractivity contribution in [2.45, 2.75) is 13.8 Å². The largest absolute Gasteiger partial charge is 0.481 e. The van der Waals surface area contributed by atoms with Gasteiger partial charge in [0, 0.05) is 12.1 Å². The zero-order valence-electron chi connectivity index (χ0n) is 17.9. The predicted molar refractivity (Wildman–Crippen MR) is 129 cm³/mol. The lowest BCUT2D eigenvalue weighted by Crippen LogP contribution is -2.31. The lowest BCUT2D eigenvalue weighted by molar-refractivity contribution is -0.146. The Labute approximate surface area is 191 Å². The Morgan fingerprint density at radius 1 is 0.906 bits per heavy atom. The van der Waals surface area contributed by atoms with E-state index < -0.39 is 11.4 Å². The van der Waals surface area contributed by atoms with E-state index in [-0.39, 0.29) is 6.54 Å². The Morgan fingerprint density at radius 3 is 2.12 bits per heavy atom. The second kappa shape index (κ2) is 9.24. The van der Waals surface area contributed by atoms with Gasteiger partial charge in [-0.1, -0.05) is 59.9 Å². The monoisotopic (exact) mass is 444 g/mol. The summed E-state index contributed by atoms with van der Waals surface area (Å²) in [6.07, 6.45) is 0. The number of ether oxygens (including phenoxy) is 1. The van der Waals surface area contributed by atoms with Crippen molar-refractivity contribution in [2.24, 2.45) is 5.41 Å². The number of anilines is 1. The molecular formula is C26H24N2O3S. The van der Waals surface area contributed by atoms with Crippen LogP contribution in [0.3, 0.4) is 0 Å². The van der Waals surface area contributed by atoms with E-state index in [1.54, 1.807) is 13.8 Å². The van der Waals surface area contributed by atoms with Gasteiger partial charge in [0.15, 0.2) is 5.13 Å². The number of carboxylic acids is 1. The van der Waals surface area contributed by atoms with Gasteiger partial charge in [0.05, 0.1) is 16.0 Å². The van der Waals surface area contributed by atoms with E-state index in [1.165, 1.54) is 11.3 Å². The van der Waals surface area contributed by atoms with Gasteiger partial charge < -0.3 is 15.2 Å². The number of carbonyl (C=O) groups is 1. The minimum absolute atomic E-state index is 0.285. The first-order valence-corrected chi connectivity index (χ1v) is 11.1. The Hall–Kier alpha value is -3.64. The summed E-state index contributed by atoms with van der Waals surface area (Å²) in [4.78, 5) is 17.3. The first-order valence-electron chi connectivity index (χ1n) is 10.3. The zero-order chi connectivity index (χ0) is 22.6. The Kier molecular flexibility index (Phi) is 6.23. The lowest BCUT2D eigenvalue weighted by atomic mass is 9.94. The van der Waals surface area contributed by atoms with Crippen LogP contribution in [-0.2, 0) is 4.79 Å². The summed E-state index contributed by atoms with van der Waals surface area (Å²) in [7, 11) is 0. The molecular weight excluding hydrogens is 420 g/mol. The van der Waals surface area contributed by atoms with Gasteiger partial charge in [0.2, 0.25) is 0 Å². The molecule has 0 saturated heterocycles. The molecule has 0 atom stereocenters. The molecule has 4 rings (SSSR count). The van der Waals surface area contributed by atoms with Gasteiger partial charge in [-0.2, -0.15) is 0 Å². The lowest BCUT2D eigenvalue weighted by Gasteiger charge is -2.18. The van der Waals surface area contributed by atoms with Crippen LogP contribution in [0.4, 0.5) is 5.13 Å². The first-order chi connectivity index (χ1) is 15.4. The molecule has 0 spiro atoms. The average Bonchev–Trinajstić information content (AvgIpc) is 3.24. The predicted octanol–water partition coefficient (Wildman–Crippen LogP) is 6.79. The quantitative estimate of drug-likeness (QED) is 0.313. The SMILES string of the molecule is CC(C)(CNc1nc(-c2ccc(Oc3ccccc3)cc2)c(-c2ccccc2)s1)C(=O)O. The fourth-order valence-corrected chi connectivity index (χ4v) is 4.04. The third-order valence-corrected chi connectivity index (χ3v) is 6.09. The number of nitrogens with zero attached hydrogens (tertiary/aromatic N) is 1. The summed E-state index contributed by atoms with van der Waals surface area (Å²) in [5.74, 6) is 0.684. The van der Waals surface area contributed by atoms with Crippen molar-refractivity contribution in [3.63, 3.8) is 0 Å². The summed E-state index contributed by atoms with van der Waals surface area (Å²) in [5, 5.41) is 13.3. The molecule has 32 heavy (non-hydrogen) atoms. The van der Waals surface area contributed by atoms with Crippen LogP contribution in [0.5, 0.6) is 11.5 Å². The average molecular weight is 445 g/mol. The summed E-state index contributed by atoms with van der Waals surface area (Å²) >= 11 is 1.52. The summed E-state index contributed by atoms with van der Waals surface area (Å²) in [6, 6.07) is 27.6. The number of para-hydroxylation sites is 1. The summed E-state index contributed by atoms with van der Waals surface area (Å²) < 4.78 is 5.90. The molecule has 5 nitrogen and oxygen atoms in total. The molecule has 0 aliphatic heterocycles. The van der Waals surface area contributed by atoms with E-state index in [9.17, 15) is 9.90 Å². The van der Waals surface area contributed by atoms with Gasteiger partial charge in [-0.25, -0.2) is 4.98 Å². The summed E-state index contributed by atoms with van der Waals surface area (Å²) in [6.45, 7) is 3.67. The van der Waals surface area contributed by atoms with Gasteiger partial charge >= 0.3 is 5.97 Å². The van der Waals surface area contributed by atoms with Crippen LogP contribution < -0.4 is 10.1 Å². The summed E-state index contributed by atoms with van der Waals surface area (Å²) in [5.41, 5.74) is 1.99. The third kappa shape index (κ3) is 4.98. The molecule has 162 valence electrons. The maximum absolute atomic E-state index is 11.5. The molecule has 2 N–H and O–H groups in total. The number of thiazole rings is 1. The minimum Gasteiger partial charge on any atom is -0.481 e. The number of aliphatic carboxylic acids is 1. The Balaban J connectivity index is 1.63. The van der Waals surface area contributed by atoms with E-state index in [0.717, 1.165) is 33.2 Å². The third-order valence-electron chi connectivity index (χ3n) is 5.03. The standard InChI is InChI=1S/C26H24N2O3S/c1-26(2,24(29)30)17-27-25-28-22(23(32-25)19-9-5-3-6-10-19)18-13-15-21(16-14-18)31-20-11-7-4-8-12-20/h3-16H,17H2,1-2H3,(H,27,28)(H,29,30). The normalized spacial score (nSPS) is 11.2. The number of nitrogens with one attached hydrogen (secondary N) is 1. The Bertz CT molecular complexity index is 1190. The molecule has 0 saturated carbocycles. The molecule has 0 aliphatic carbocycles. The number of benzene rings is 3. The zero-order valence-corrected chi connectivity index (χ0v) is 18.7. The molecule has 0 unspecified atom stereocenters. The highest BCUT2D eigenvalue weighted by Gasteiger charge is 2.27. The maximum atomic E-state index is 11.5. The molecule has 1 aromatic heterocycles. The molecule has 3 aromatic carbocycles. The van der Waals surface area contributed by atoms with Crippen LogP contribution in [0.15, 0.2) is 84.9 Å². The van der Waals surface area contributed by atoms with Crippen LogP contribution in [0, 0.1) is 5.41 Å². The fraction of sp³-hybridized carbons (Fsp3) is 0.154. The van der Waals surface area contributed by atoms with E-state index >= 15 is 0 Å².